The van der Waals surface area contributed by atoms with Crippen molar-refractivity contribution in [1.29, 1.82) is 0 Å². The number of nitrogens with one attached hydrogen (secondary N) is 2. The van der Waals surface area contributed by atoms with Gasteiger partial charge < -0.3 is 19.9 Å². The van der Waals surface area contributed by atoms with E-state index in [0.29, 0.717) is 24.6 Å². The van der Waals surface area contributed by atoms with Gasteiger partial charge in [-0.25, -0.2) is 9.98 Å². The molecule has 2 heterocycles. The summed E-state index contributed by atoms with van der Waals surface area (Å²) in [7, 11) is 0. The van der Waals surface area contributed by atoms with Crippen LogP contribution in [0, 0.1) is 11.3 Å². The number of benzene rings is 1. The van der Waals surface area contributed by atoms with Crippen molar-refractivity contribution in [2.45, 2.75) is 52.4 Å². The Kier molecular flexibility index (Phi) is 5.40. The highest BCUT2D eigenvalue weighted by Gasteiger charge is 2.59. The van der Waals surface area contributed by atoms with Crippen LogP contribution in [0.25, 0.3) is 0 Å². The Morgan fingerprint density at radius 3 is 2.93 bits per heavy atom. The van der Waals surface area contributed by atoms with E-state index in [2.05, 4.69) is 65.2 Å². The van der Waals surface area contributed by atoms with Gasteiger partial charge in [-0.15, -0.1) is 0 Å². The molecule has 150 valence electrons. The normalized spacial score (nSPS) is 25.8. The lowest BCUT2D eigenvalue weighted by atomic mass is 9.57. The molecule has 2 fully saturated rings. The van der Waals surface area contributed by atoms with Gasteiger partial charge in [0.2, 0.25) is 0 Å². The summed E-state index contributed by atoms with van der Waals surface area (Å²) in [4.78, 5) is 9.35. The van der Waals surface area contributed by atoms with Gasteiger partial charge in [0.15, 0.2) is 5.96 Å². The molecular weight excluding hydrogens is 350 g/mol. The lowest BCUT2D eigenvalue weighted by molar-refractivity contribution is -0.106. The second-order valence-electron chi connectivity index (χ2n) is 8.34. The monoisotopic (exact) mass is 381 g/mol. The summed E-state index contributed by atoms with van der Waals surface area (Å²) in [6, 6.07) is 10.8. The summed E-state index contributed by atoms with van der Waals surface area (Å²) in [5.41, 5.74) is 1.39. The molecule has 2 aliphatic rings. The molecule has 0 spiro atoms. The average molecular weight is 382 g/mol. The third kappa shape index (κ3) is 3.65. The third-order valence-electron chi connectivity index (χ3n) is 6.11. The third-order valence-corrected chi connectivity index (χ3v) is 6.11. The van der Waals surface area contributed by atoms with E-state index in [1.807, 2.05) is 18.5 Å². The molecule has 1 saturated heterocycles. The minimum atomic E-state index is 0.128. The Labute approximate surface area is 167 Å². The van der Waals surface area contributed by atoms with Crippen molar-refractivity contribution >= 4 is 5.96 Å². The SMILES string of the molecule is CCNC(=NCc1nccn1Cc1ccccc1)NC1C2CCOC2C1(C)C. The van der Waals surface area contributed by atoms with E-state index in [-0.39, 0.29) is 5.41 Å². The maximum atomic E-state index is 5.92. The first-order valence-electron chi connectivity index (χ1n) is 10.3. The maximum Gasteiger partial charge on any atom is 0.191 e. The van der Waals surface area contributed by atoms with Crippen molar-refractivity contribution in [3.05, 3.63) is 54.1 Å². The second kappa shape index (κ2) is 7.95. The highest BCUT2D eigenvalue weighted by molar-refractivity contribution is 5.80. The van der Waals surface area contributed by atoms with Crippen LogP contribution in [0.4, 0.5) is 0 Å². The molecule has 3 unspecified atom stereocenters. The molecule has 1 aromatic heterocycles. The summed E-state index contributed by atoms with van der Waals surface area (Å²) in [5, 5.41) is 7.06. The van der Waals surface area contributed by atoms with Crippen molar-refractivity contribution in [2.24, 2.45) is 16.3 Å². The topological polar surface area (TPSA) is 63.5 Å². The number of aromatic nitrogens is 2. The van der Waals surface area contributed by atoms with Gasteiger partial charge in [0.25, 0.3) is 0 Å². The van der Waals surface area contributed by atoms with E-state index in [9.17, 15) is 0 Å². The second-order valence-corrected chi connectivity index (χ2v) is 8.34. The number of nitrogens with zero attached hydrogens (tertiary/aromatic N) is 3. The fourth-order valence-corrected chi connectivity index (χ4v) is 4.65. The van der Waals surface area contributed by atoms with Gasteiger partial charge in [0, 0.05) is 49.5 Å². The highest BCUT2D eigenvalue weighted by Crippen LogP contribution is 2.52. The lowest BCUT2D eigenvalue weighted by Crippen LogP contribution is -2.67. The van der Waals surface area contributed by atoms with E-state index in [1.54, 1.807) is 0 Å². The van der Waals surface area contributed by atoms with E-state index >= 15 is 0 Å². The zero-order chi connectivity index (χ0) is 19.6. The molecule has 2 aromatic rings. The molecule has 4 rings (SSSR count). The molecule has 0 amide bonds. The molecule has 3 atom stereocenters. The number of guanidine groups is 1. The average Bonchev–Trinajstić information content (AvgIpc) is 3.33. The number of imidazole rings is 1. The summed E-state index contributed by atoms with van der Waals surface area (Å²) in [6.45, 7) is 9.74. The molecule has 2 N–H and O–H groups in total. The van der Waals surface area contributed by atoms with E-state index in [1.165, 1.54) is 5.56 Å². The summed E-state index contributed by atoms with van der Waals surface area (Å²) in [6.07, 6.45) is 5.38. The Morgan fingerprint density at radius 1 is 1.32 bits per heavy atom. The largest absolute Gasteiger partial charge is 0.377 e. The van der Waals surface area contributed by atoms with Gasteiger partial charge in [-0.05, 0) is 18.9 Å². The molecular formula is C22H31N5O. The fraction of sp³-hybridized carbons (Fsp3) is 0.545. The quantitative estimate of drug-likeness (QED) is 0.597. The van der Waals surface area contributed by atoms with Crippen LogP contribution in [0.2, 0.25) is 0 Å². The Hall–Kier alpha value is -2.34. The summed E-state index contributed by atoms with van der Waals surface area (Å²) >= 11 is 0. The van der Waals surface area contributed by atoms with Crippen molar-refractivity contribution in [3.8, 4) is 0 Å². The Morgan fingerprint density at radius 2 is 2.14 bits per heavy atom. The predicted octanol–water partition coefficient (Wildman–Crippen LogP) is 2.80. The summed E-state index contributed by atoms with van der Waals surface area (Å²) < 4.78 is 8.08. The number of rotatable bonds is 6. The first kappa shape index (κ1) is 19.0. The van der Waals surface area contributed by atoms with Crippen molar-refractivity contribution < 1.29 is 4.74 Å². The van der Waals surface area contributed by atoms with Crippen LogP contribution in [-0.2, 0) is 17.8 Å². The molecule has 0 radical (unpaired) electrons. The molecule has 6 heteroatoms. The first-order chi connectivity index (χ1) is 13.6. The zero-order valence-corrected chi connectivity index (χ0v) is 17.1. The zero-order valence-electron chi connectivity index (χ0n) is 17.1. The smallest absolute Gasteiger partial charge is 0.191 e. The van der Waals surface area contributed by atoms with E-state index in [0.717, 1.165) is 37.9 Å². The number of hydrogen-bond acceptors (Lipinski definition) is 3. The Balaban J connectivity index is 1.44. The van der Waals surface area contributed by atoms with Crippen LogP contribution in [0.1, 0.15) is 38.6 Å². The van der Waals surface area contributed by atoms with Crippen molar-refractivity contribution in [2.75, 3.05) is 13.2 Å². The predicted molar refractivity (Wildman–Crippen MR) is 111 cm³/mol. The van der Waals surface area contributed by atoms with E-state index in [4.69, 9.17) is 9.73 Å². The van der Waals surface area contributed by atoms with Gasteiger partial charge in [-0.1, -0.05) is 44.2 Å². The molecule has 1 aromatic carbocycles. The lowest BCUT2D eigenvalue weighted by Gasteiger charge is -2.54. The van der Waals surface area contributed by atoms with Gasteiger partial charge in [-0.3, -0.25) is 0 Å². The number of aliphatic imine (C=N–C) groups is 1. The number of ether oxygens (including phenoxy) is 1. The molecule has 28 heavy (non-hydrogen) atoms. The van der Waals surface area contributed by atoms with E-state index < -0.39 is 0 Å². The summed E-state index contributed by atoms with van der Waals surface area (Å²) in [5.74, 6) is 2.41. The number of hydrogen-bond donors (Lipinski definition) is 2. The van der Waals surface area contributed by atoms with Crippen LogP contribution >= 0.6 is 0 Å². The van der Waals surface area contributed by atoms with Crippen LogP contribution in [0.5, 0.6) is 0 Å². The Bertz CT molecular complexity index is 813. The molecule has 1 saturated carbocycles. The minimum absolute atomic E-state index is 0.128. The van der Waals surface area contributed by atoms with Crippen molar-refractivity contribution in [1.82, 2.24) is 20.2 Å². The van der Waals surface area contributed by atoms with Gasteiger partial charge in [0.1, 0.15) is 12.4 Å². The maximum absolute atomic E-state index is 5.92. The van der Waals surface area contributed by atoms with Crippen LogP contribution in [0.3, 0.4) is 0 Å². The molecule has 0 bridgehead atoms. The van der Waals surface area contributed by atoms with Gasteiger partial charge in [0.05, 0.1) is 6.10 Å². The van der Waals surface area contributed by atoms with Gasteiger partial charge >= 0.3 is 0 Å². The molecule has 6 nitrogen and oxygen atoms in total. The highest BCUT2D eigenvalue weighted by atomic mass is 16.5. The van der Waals surface area contributed by atoms with Gasteiger partial charge in [-0.2, -0.15) is 0 Å². The first-order valence-corrected chi connectivity index (χ1v) is 10.3. The van der Waals surface area contributed by atoms with Crippen LogP contribution in [-0.4, -0.2) is 40.8 Å². The van der Waals surface area contributed by atoms with Crippen LogP contribution < -0.4 is 10.6 Å². The standard InChI is InChI=1S/C22H31N5O/c1-4-23-21(26-19-17-10-13-28-20(17)22(19,2)3)25-14-18-24-11-12-27(18)15-16-8-6-5-7-9-16/h5-9,11-12,17,19-20H,4,10,13-15H2,1-3H3,(H2,23,25,26). The minimum Gasteiger partial charge on any atom is -0.377 e. The van der Waals surface area contributed by atoms with Crippen molar-refractivity contribution in [3.63, 3.8) is 0 Å². The molecule has 1 aliphatic heterocycles. The van der Waals surface area contributed by atoms with Crippen LogP contribution in [0.15, 0.2) is 47.7 Å². The molecule has 1 aliphatic carbocycles. The fourth-order valence-electron chi connectivity index (χ4n) is 4.65. The number of fused-ring (bicyclic) bond motifs is 1.